The number of benzene rings is 2. The number of nitrogens with one attached hydrogen (secondary N) is 3. The van der Waals surface area contributed by atoms with E-state index in [4.69, 9.17) is 11.9 Å². The minimum atomic E-state index is -0.961. The number of rotatable bonds is 18. The van der Waals surface area contributed by atoms with Crippen molar-refractivity contribution < 1.29 is 20.5 Å². The quantitative estimate of drug-likeness (QED) is 0.138. The van der Waals surface area contributed by atoms with Gasteiger partial charge >= 0.3 is 0 Å². The Labute approximate surface area is 260 Å². The molecule has 1 saturated heterocycles. The second-order valence-electron chi connectivity index (χ2n) is 11.2. The van der Waals surface area contributed by atoms with Crippen molar-refractivity contribution in [3.63, 3.8) is 0 Å². The summed E-state index contributed by atoms with van der Waals surface area (Å²) in [5.74, 6) is -1.10. The van der Waals surface area contributed by atoms with Gasteiger partial charge in [-0.15, -0.1) is 0 Å². The van der Waals surface area contributed by atoms with Crippen LogP contribution in [0, 0.1) is 0 Å². The molecule has 1 fully saturated rings. The zero-order chi connectivity index (χ0) is 31.9. The van der Waals surface area contributed by atoms with Gasteiger partial charge in [-0.1, -0.05) is 73.5 Å². The predicted octanol–water partition coefficient (Wildman–Crippen LogP) is 1.83. The Balaban J connectivity index is 1.50. The Morgan fingerprint density at radius 2 is 1.75 bits per heavy atom. The smallest absolute Gasteiger partial charge is 0.246 e. The van der Waals surface area contributed by atoms with Gasteiger partial charge in [0, 0.05) is 44.2 Å². The van der Waals surface area contributed by atoms with Crippen LogP contribution in [0.1, 0.15) is 48.9 Å². The molecule has 3 amide bonds. The third kappa shape index (κ3) is 10.0. The van der Waals surface area contributed by atoms with E-state index in [1.807, 2.05) is 60.7 Å². The van der Waals surface area contributed by atoms with Gasteiger partial charge in [0.2, 0.25) is 17.7 Å². The van der Waals surface area contributed by atoms with E-state index in [2.05, 4.69) is 26.3 Å². The fourth-order valence-corrected chi connectivity index (χ4v) is 5.38. The number of amides is 3. The molecule has 11 heteroatoms. The van der Waals surface area contributed by atoms with Crippen LogP contribution in [0.5, 0.6) is 0 Å². The van der Waals surface area contributed by atoms with Crippen LogP contribution in [0.3, 0.4) is 0 Å². The maximum atomic E-state index is 14.3. The van der Waals surface area contributed by atoms with Crippen molar-refractivity contribution in [2.45, 2.75) is 75.8 Å². The van der Waals surface area contributed by atoms with E-state index in [0.717, 1.165) is 36.8 Å². The molecular formula is C33H45N7O4. The Hall–Kier alpha value is -4.06. The van der Waals surface area contributed by atoms with Crippen LogP contribution in [0.25, 0.3) is 0 Å². The summed E-state index contributed by atoms with van der Waals surface area (Å²) >= 11 is 0. The van der Waals surface area contributed by atoms with Gasteiger partial charge in [-0.05, 0) is 30.5 Å². The molecule has 1 aromatic heterocycles. The van der Waals surface area contributed by atoms with Crippen LogP contribution >= 0.6 is 0 Å². The molecule has 0 radical (unpaired) electrons. The van der Waals surface area contributed by atoms with Crippen LogP contribution < -0.4 is 22.1 Å². The van der Waals surface area contributed by atoms with Crippen molar-refractivity contribution in [2.24, 2.45) is 11.5 Å². The summed E-state index contributed by atoms with van der Waals surface area (Å²) in [6.45, 7) is 1.73. The molecule has 2 heterocycles. The molecule has 0 unspecified atom stereocenters. The number of aromatic amines is 1. The number of imidazole rings is 1. The van der Waals surface area contributed by atoms with Gasteiger partial charge in [-0.3, -0.25) is 14.4 Å². The number of ether oxygens (including phenoxy) is 1. The lowest BCUT2D eigenvalue weighted by Gasteiger charge is -2.29. The largest absolute Gasteiger partial charge is 0.372 e. The molecule has 3 aromatic rings. The average molecular weight is 605 g/mol. The lowest BCUT2D eigenvalue weighted by molar-refractivity contribution is -0.141. The average Bonchev–Trinajstić information content (AvgIpc) is 3.75. The number of H-pyrrole nitrogens is 1. The molecule has 0 aliphatic carbocycles. The van der Waals surface area contributed by atoms with E-state index < -0.39 is 24.0 Å². The third-order valence-electron chi connectivity index (χ3n) is 7.80. The molecule has 44 heavy (non-hydrogen) atoms. The number of carbonyl (C=O) groups is 3. The molecule has 4 rings (SSSR count). The first-order chi connectivity index (χ1) is 22.0. The first kappa shape index (κ1) is 31.4. The number of aromatic nitrogens is 2. The van der Waals surface area contributed by atoms with Gasteiger partial charge < -0.3 is 36.7 Å². The fourth-order valence-electron chi connectivity index (χ4n) is 5.38. The summed E-state index contributed by atoms with van der Waals surface area (Å²) in [4.78, 5) is 49.6. The number of hydrogen-bond donors (Lipinski definition) is 5. The monoisotopic (exact) mass is 604 g/mol. The van der Waals surface area contributed by atoms with Gasteiger partial charge in [-0.25, -0.2) is 4.98 Å². The molecule has 236 valence electrons. The molecule has 0 spiro atoms. The number of carbonyl (C=O) groups excluding carboxylic acids is 3. The van der Waals surface area contributed by atoms with Crippen molar-refractivity contribution >= 4 is 17.7 Å². The topological polar surface area (TPSA) is 168 Å². The molecule has 1 aliphatic rings. The highest BCUT2D eigenvalue weighted by molar-refractivity contribution is 5.93. The van der Waals surface area contributed by atoms with Gasteiger partial charge in [0.15, 0.2) is 0 Å². The molecule has 7 N–H and O–H groups in total. The number of unbranched alkanes of at least 4 members (excludes halogenated alkanes) is 3. The lowest BCUT2D eigenvalue weighted by Crippen LogP contribution is -2.56. The Morgan fingerprint density at radius 1 is 1.02 bits per heavy atom. The van der Waals surface area contributed by atoms with Crippen molar-refractivity contribution in [3.8, 4) is 0 Å². The predicted molar refractivity (Wildman–Crippen MR) is 168 cm³/mol. The standard InChI is InChI=1S/C33H45N7O4/c34-15-9-1-2-10-16-37-32(42)30-19-27(44-22-25-13-7-4-8-14-25)21-40(30)33(43)29(17-24-11-5-3-6-12-24)39-31(41)28(35)18-26-20-36-23-38-26/h3-8,11-14,20,23,27-30H,1-2,9-10,15-19,21-22,34-35H2,(H,36,38)(H,37,42)(H,39,41)/t27-,28+,29+,30+/m1/s1/i/hD. The van der Waals surface area contributed by atoms with Crippen molar-refractivity contribution in [2.75, 3.05) is 19.6 Å². The highest BCUT2D eigenvalue weighted by atomic mass is 16.5. The Morgan fingerprint density at radius 3 is 2.43 bits per heavy atom. The Bertz CT molecular complexity index is 1310. The second kappa shape index (κ2) is 17.3. The van der Waals surface area contributed by atoms with E-state index in [1.54, 1.807) is 11.1 Å². The zero-order valence-electron chi connectivity index (χ0n) is 26.1. The van der Waals surface area contributed by atoms with E-state index in [1.165, 1.54) is 6.33 Å². The van der Waals surface area contributed by atoms with Crippen LogP contribution in [-0.4, -0.2) is 76.5 Å². The molecule has 2 aromatic carbocycles. The van der Waals surface area contributed by atoms with E-state index in [0.29, 0.717) is 31.8 Å². The molecule has 0 saturated carbocycles. The molecule has 11 nitrogen and oxygen atoms in total. The Kier molecular flexibility index (Phi) is 12.3. The first-order valence-electron chi connectivity index (χ1n) is 15.9. The van der Waals surface area contributed by atoms with Crippen molar-refractivity contribution in [1.29, 1.82) is 0 Å². The van der Waals surface area contributed by atoms with Crippen molar-refractivity contribution in [1.82, 2.24) is 25.5 Å². The van der Waals surface area contributed by atoms with Gasteiger partial charge in [-0.2, -0.15) is 0 Å². The van der Waals surface area contributed by atoms with Crippen LogP contribution in [0.2, 0.25) is 1.41 Å². The summed E-state index contributed by atoms with van der Waals surface area (Å²) < 4.78 is 14.0. The molecule has 4 atom stereocenters. The first-order valence-corrected chi connectivity index (χ1v) is 15.4. The number of likely N-dealkylation sites (tertiary alicyclic amines) is 1. The van der Waals surface area contributed by atoms with Crippen LogP contribution in [0.15, 0.2) is 73.2 Å². The van der Waals surface area contributed by atoms with Crippen molar-refractivity contribution in [3.05, 3.63) is 90.0 Å². The number of hydrogen-bond acceptors (Lipinski definition) is 7. The number of nitrogens with two attached hydrogens (primary N) is 2. The highest BCUT2D eigenvalue weighted by Gasteiger charge is 2.42. The molecular weight excluding hydrogens is 558 g/mol. The molecule has 1 aliphatic heterocycles. The minimum absolute atomic E-state index is 0.191. The zero-order valence-corrected chi connectivity index (χ0v) is 25.1. The highest BCUT2D eigenvalue weighted by Crippen LogP contribution is 2.24. The minimum Gasteiger partial charge on any atom is -0.372 e. The normalized spacial score (nSPS) is 17.9. The van der Waals surface area contributed by atoms with Gasteiger partial charge in [0.05, 0.1) is 25.1 Å². The summed E-state index contributed by atoms with van der Waals surface area (Å²) in [6.07, 6.45) is 7.24. The SMILES string of the molecule is [2H]N[C@@H](Cc1cnc[nH]1)C(=O)N[C@@H](Cc1ccccc1)C(=O)N1C[C@H](OCc2ccccc2)C[C@H]1C(=O)NCCCCCCN. The summed E-state index contributed by atoms with van der Waals surface area (Å²) in [6, 6.07) is 16.5. The van der Waals surface area contributed by atoms with E-state index in [-0.39, 0.29) is 37.3 Å². The maximum Gasteiger partial charge on any atom is 0.246 e. The number of nitrogens with zero attached hydrogens (tertiary/aromatic N) is 2. The van der Waals surface area contributed by atoms with Crippen LogP contribution in [-0.2, 0) is 38.6 Å². The molecule has 0 bridgehead atoms. The summed E-state index contributed by atoms with van der Waals surface area (Å²) in [7, 11) is 0. The van der Waals surface area contributed by atoms with Gasteiger partial charge in [0.25, 0.3) is 0 Å². The maximum absolute atomic E-state index is 14.3. The van der Waals surface area contributed by atoms with E-state index >= 15 is 0 Å². The fraction of sp³-hybridized carbons (Fsp3) is 0.455. The van der Waals surface area contributed by atoms with Gasteiger partial charge in [0.1, 0.15) is 13.5 Å². The second-order valence-corrected chi connectivity index (χ2v) is 11.2. The summed E-state index contributed by atoms with van der Waals surface area (Å²) in [5.41, 5.74) is 10.4. The van der Waals surface area contributed by atoms with E-state index in [9.17, 15) is 14.4 Å². The third-order valence-corrected chi connectivity index (χ3v) is 7.80. The lowest BCUT2D eigenvalue weighted by atomic mass is 10.0. The summed E-state index contributed by atoms with van der Waals surface area (Å²) in [5, 5.41) is 5.89. The van der Waals surface area contributed by atoms with Crippen LogP contribution in [0.4, 0.5) is 0 Å².